The van der Waals surface area contributed by atoms with Crippen LogP contribution >= 0.6 is 11.6 Å². The fraction of sp³-hybridized carbons (Fsp3) is 0.526. The van der Waals surface area contributed by atoms with E-state index >= 15 is 0 Å². The highest BCUT2D eigenvalue weighted by Gasteiger charge is 2.36. The zero-order chi connectivity index (χ0) is 20.4. The van der Waals surface area contributed by atoms with Gasteiger partial charge >= 0.3 is 6.03 Å². The van der Waals surface area contributed by atoms with Crippen LogP contribution in [0.15, 0.2) is 24.5 Å². The number of hydrogen-bond donors (Lipinski definition) is 1. The normalized spacial score (nSPS) is 21.5. The summed E-state index contributed by atoms with van der Waals surface area (Å²) in [6, 6.07) is 4.79. The summed E-state index contributed by atoms with van der Waals surface area (Å²) in [4.78, 5) is 29.8. The zero-order valence-corrected chi connectivity index (χ0v) is 17.0. The molecule has 10 heteroatoms. The maximum atomic E-state index is 13.4. The molecule has 154 valence electrons. The molecule has 2 aliphatic rings. The number of rotatable bonds is 4. The Balaban J connectivity index is 1.67. The minimum Gasteiger partial charge on any atom is -0.322 e. The van der Waals surface area contributed by atoms with Gasteiger partial charge in [0, 0.05) is 17.6 Å². The highest BCUT2D eigenvalue weighted by atomic mass is 35.5. The second-order valence-electron chi connectivity index (χ2n) is 7.57. The molecule has 9 nitrogen and oxygen atoms in total. The maximum absolute atomic E-state index is 13.4. The number of likely N-dealkylation sites (tertiary alicyclic amines) is 1. The second kappa shape index (κ2) is 8.46. The Morgan fingerprint density at radius 3 is 2.83 bits per heavy atom. The first-order valence-corrected chi connectivity index (χ1v) is 10.3. The topological polar surface area (TPSA) is 96.2 Å². The van der Waals surface area contributed by atoms with Gasteiger partial charge < -0.3 is 10.2 Å². The molecule has 1 aromatic carbocycles. The van der Waals surface area contributed by atoms with E-state index < -0.39 is 0 Å². The Hall–Kier alpha value is -2.52. The van der Waals surface area contributed by atoms with Crippen LogP contribution in [0.3, 0.4) is 0 Å². The molecule has 1 aromatic heterocycles. The summed E-state index contributed by atoms with van der Waals surface area (Å²) in [5.41, 5.74) is 1.38. The summed E-state index contributed by atoms with van der Waals surface area (Å²) in [6.45, 7) is 3.57. The number of urea groups is 1. The predicted molar refractivity (Wildman–Crippen MR) is 107 cm³/mol. The molecule has 0 radical (unpaired) electrons. The third-order valence-electron chi connectivity index (χ3n) is 5.62. The fourth-order valence-corrected chi connectivity index (χ4v) is 4.24. The van der Waals surface area contributed by atoms with Crippen molar-refractivity contribution in [3.8, 4) is 5.69 Å². The van der Waals surface area contributed by atoms with Crippen molar-refractivity contribution >= 4 is 23.5 Å². The first kappa shape index (κ1) is 19.8. The lowest BCUT2D eigenvalue weighted by molar-refractivity contribution is -0.131. The van der Waals surface area contributed by atoms with Crippen LogP contribution in [-0.2, 0) is 11.3 Å². The molecule has 0 spiro atoms. The van der Waals surface area contributed by atoms with Gasteiger partial charge in [0.2, 0.25) is 5.91 Å². The van der Waals surface area contributed by atoms with E-state index in [1.807, 2.05) is 6.92 Å². The first-order valence-electron chi connectivity index (χ1n) is 9.92. The van der Waals surface area contributed by atoms with Crippen LogP contribution in [0.5, 0.6) is 0 Å². The molecule has 3 heterocycles. The van der Waals surface area contributed by atoms with E-state index in [1.54, 1.807) is 23.1 Å². The Bertz CT molecular complexity index is 883. The zero-order valence-electron chi connectivity index (χ0n) is 16.3. The van der Waals surface area contributed by atoms with Gasteiger partial charge in [-0.2, -0.15) is 0 Å². The number of halogens is 1. The minimum absolute atomic E-state index is 0.106. The van der Waals surface area contributed by atoms with Gasteiger partial charge in [0.25, 0.3) is 0 Å². The van der Waals surface area contributed by atoms with Gasteiger partial charge in [-0.3, -0.25) is 9.69 Å². The van der Waals surface area contributed by atoms with Crippen LogP contribution in [0.4, 0.5) is 4.79 Å². The average Bonchev–Trinajstić information content (AvgIpc) is 3.47. The van der Waals surface area contributed by atoms with E-state index in [0.29, 0.717) is 22.8 Å². The smallest absolute Gasteiger partial charge is 0.322 e. The lowest BCUT2D eigenvalue weighted by Gasteiger charge is -2.31. The predicted octanol–water partition coefficient (Wildman–Crippen LogP) is 2.00. The van der Waals surface area contributed by atoms with Crippen molar-refractivity contribution < 1.29 is 9.59 Å². The molecule has 2 aliphatic heterocycles. The molecule has 0 bridgehead atoms. The average molecular weight is 418 g/mol. The van der Waals surface area contributed by atoms with E-state index in [0.717, 1.165) is 32.2 Å². The number of nitrogens with one attached hydrogen (secondary N) is 1. The van der Waals surface area contributed by atoms with Crippen LogP contribution in [-0.4, -0.2) is 67.1 Å². The molecular formula is C19H24ClN7O2. The summed E-state index contributed by atoms with van der Waals surface area (Å²) in [5, 5.41) is 15.0. The molecule has 0 aliphatic carbocycles. The Labute approximate surface area is 174 Å². The van der Waals surface area contributed by atoms with Crippen LogP contribution in [0, 0.1) is 0 Å². The van der Waals surface area contributed by atoms with Crippen molar-refractivity contribution in [3.63, 3.8) is 0 Å². The van der Waals surface area contributed by atoms with Gasteiger partial charge in [-0.25, -0.2) is 9.48 Å². The lowest BCUT2D eigenvalue weighted by atomic mass is 10.1. The Kier molecular flexibility index (Phi) is 5.77. The molecule has 1 N–H and O–H groups in total. The number of aromatic nitrogens is 4. The van der Waals surface area contributed by atoms with Crippen molar-refractivity contribution in [1.29, 1.82) is 0 Å². The minimum atomic E-state index is -0.340. The van der Waals surface area contributed by atoms with Gasteiger partial charge in [-0.15, -0.1) is 5.10 Å². The molecule has 2 atom stereocenters. The third kappa shape index (κ3) is 4.11. The first-order chi connectivity index (χ1) is 14.0. The summed E-state index contributed by atoms with van der Waals surface area (Å²) in [7, 11) is 0. The van der Waals surface area contributed by atoms with Gasteiger partial charge in [0.05, 0.1) is 18.3 Å². The number of carbonyl (C=O) groups is 2. The number of hydrogen-bond acceptors (Lipinski definition) is 6. The molecule has 0 unspecified atom stereocenters. The van der Waals surface area contributed by atoms with Crippen LogP contribution in [0.25, 0.3) is 5.69 Å². The van der Waals surface area contributed by atoms with Crippen LogP contribution in [0.2, 0.25) is 5.02 Å². The highest BCUT2D eigenvalue weighted by Crippen LogP contribution is 2.25. The molecule has 2 fully saturated rings. The Morgan fingerprint density at radius 1 is 1.31 bits per heavy atom. The standard InChI is InChI=1S/C19H24ClN7O2/c1-13-4-3-9-25(13)19(29)26(18(28)16-5-2-8-21-16)11-14-10-15(20)6-7-17(14)27-12-22-23-24-27/h6-7,10,12-13,16,21H,2-5,8-9,11H2,1H3/t13-,16-/m1/s1. The summed E-state index contributed by atoms with van der Waals surface area (Å²) in [5.74, 6) is -0.200. The fourth-order valence-electron chi connectivity index (χ4n) is 4.04. The van der Waals surface area contributed by atoms with E-state index in [2.05, 4.69) is 20.8 Å². The van der Waals surface area contributed by atoms with Gasteiger partial charge in [-0.1, -0.05) is 11.6 Å². The summed E-state index contributed by atoms with van der Waals surface area (Å²) in [6.07, 6.45) is 5.02. The molecule has 2 aromatic rings. The van der Waals surface area contributed by atoms with Gasteiger partial charge in [-0.05, 0) is 73.3 Å². The number of amides is 3. The number of imide groups is 1. The monoisotopic (exact) mass is 417 g/mol. The highest BCUT2D eigenvalue weighted by molar-refractivity contribution is 6.30. The number of tetrazole rings is 1. The van der Waals surface area contributed by atoms with E-state index in [4.69, 9.17) is 11.6 Å². The van der Waals surface area contributed by atoms with E-state index in [9.17, 15) is 9.59 Å². The second-order valence-corrected chi connectivity index (χ2v) is 8.00. The summed E-state index contributed by atoms with van der Waals surface area (Å²) < 4.78 is 1.51. The van der Waals surface area contributed by atoms with Crippen molar-refractivity contribution in [2.75, 3.05) is 13.1 Å². The van der Waals surface area contributed by atoms with Crippen molar-refractivity contribution in [1.82, 2.24) is 35.3 Å². The SMILES string of the molecule is C[C@@H]1CCCN1C(=O)N(Cc1cc(Cl)ccc1-n1cnnn1)C(=O)[C@H]1CCCN1. The molecule has 29 heavy (non-hydrogen) atoms. The third-order valence-corrected chi connectivity index (χ3v) is 5.85. The molecule has 3 amide bonds. The van der Waals surface area contributed by atoms with Crippen molar-refractivity contribution in [3.05, 3.63) is 35.1 Å². The number of benzene rings is 1. The molecule has 4 rings (SSSR count). The van der Waals surface area contributed by atoms with Gasteiger partial charge in [0.1, 0.15) is 6.33 Å². The number of carbonyl (C=O) groups excluding carboxylic acids is 2. The largest absolute Gasteiger partial charge is 0.327 e. The molecule has 2 saturated heterocycles. The van der Waals surface area contributed by atoms with E-state index in [1.165, 1.54) is 15.9 Å². The quantitative estimate of drug-likeness (QED) is 0.817. The van der Waals surface area contributed by atoms with Crippen molar-refractivity contribution in [2.24, 2.45) is 0 Å². The van der Waals surface area contributed by atoms with E-state index in [-0.39, 0.29) is 30.6 Å². The van der Waals surface area contributed by atoms with Gasteiger partial charge in [0.15, 0.2) is 0 Å². The Morgan fingerprint density at radius 2 is 2.17 bits per heavy atom. The lowest BCUT2D eigenvalue weighted by Crippen LogP contribution is -2.52. The molecular weight excluding hydrogens is 394 g/mol. The summed E-state index contributed by atoms with van der Waals surface area (Å²) >= 11 is 6.23. The number of nitrogens with zero attached hydrogens (tertiary/aromatic N) is 6. The van der Waals surface area contributed by atoms with Crippen LogP contribution < -0.4 is 5.32 Å². The maximum Gasteiger partial charge on any atom is 0.327 e. The van der Waals surface area contributed by atoms with Crippen LogP contribution in [0.1, 0.15) is 38.2 Å². The molecule has 0 saturated carbocycles. The van der Waals surface area contributed by atoms with Crippen molar-refractivity contribution in [2.45, 2.75) is 51.2 Å².